The van der Waals surface area contributed by atoms with Crippen molar-refractivity contribution in [2.24, 2.45) is 0 Å². The summed E-state index contributed by atoms with van der Waals surface area (Å²) in [5.74, 6) is -0.965. The molecule has 0 aliphatic carbocycles. The number of ether oxygens (including phenoxy) is 1. The Bertz CT molecular complexity index is 1360. The first-order valence-corrected chi connectivity index (χ1v) is 10.4. The third-order valence-electron chi connectivity index (χ3n) is 6.22. The summed E-state index contributed by atoms with van der Waals surface area (Å²) >= 11 is 0. The molecule has 5 rings (SSSR count). The summed E-state index contributed by atoms with van der Waals surface area (Å²) in [6, 6.07) is 12.5. The molecular formula is C25H22N2O5. The molecule has 0 bridgehead atoms. The minimum atomic E-state index is -1.61. The molecule has 2 aliphatic heterocycles. The molecule has 7 nitrogen and oxygen atoms in total. The van der Waals surface area contributed by atoms with Crippen LogP contribution >= 0.6 is 0 Å². The summed E-state index contributed by atoms with van der Waals surface area (Å²) in [5.41, 5.74) is 0.508. The number of benzene rings is 2. The van der Waals surface area contributed by atoms with E-state index in [0.29, 0.717) is 22.2 Å². The Labute approximate surface area is 184 Å². The van der Waals surface area contributed by atoms with E-state index in [9.17, 15) is 14.4 Å². The highest BCUT2D eigenvalue weighted by atomic mass is 16.5. The predicted octanol–water partition coefficient (Wildman–Crippen LogP) is 2.98. The van der Waals surface area contributed by atoms with Gasteiger partial charge in [0.25, 0.3) is 11.8 Å². The first kappa shape index (κ1) is 20.2. The van der Waals surface area contributed by atoms with Crippen molar-refractivity contribution in [1.29, 1.82) is 0 Å². The topological polar surface area (TPSA) is 80.1 Å². The molecule has 162 valence electrons. The second kappa shape index (κ2) is 7.17. The third kappa shape index (κ3) is 2.42. The Balaban J connectivity index is 1.91. The molecule has 7 heteroatoms. The van der Waals surface area contributed by atoms with Crippen molar-refractivity contribution in [3.8, 4) is 0 Å². The van der Waals surface area contributed by atoms with E-state index < -0.39 is 11.4 Å². The van der Waals surface area contributed by atoms with Gasteiger partial charge >= 0.3 is 0 Å². The molecule has 0 saturated carbocycles. The molecule has 2 amide bonds. The molecule has 3 aromatic rings. The molecule has 32 heavy (non-hydrogen) atoms. The standard InChI is InChI=1S/C25H22N2O5/c1-4-11-26-18-8-6-5-7-17(18)25(24(26)30)20-21(28)16-14-15(2)9-10-19(16)32-22(20)23(29)27(25)12-13-31-3/h4-10,14H,1,11-13H2,2-3H3/t25-/m1/s1. The van der Waals surface area contributed by atoms with Gasteiger partial charge in [0.1, 0.15) is 5.58 Å². The molecule has 0 unspecified atom stereocenters. The van der Waals surface area contributed by atoms with Crippen molar-refractivity contribution in [3.63, 3.8) is 0 Å². The number of para-hydroxylation sites is 1. The van der Waals surface area contributed by atoms with E-state index in [-0.39, 0.29) is 42.4 Å². The van der Waals surface area contributed by atoms with Gasteiger partial charge in [0.2, 0.25) is 5.76 Å². The maximum atomic E-state index is 14.1. The summed E-state index contributed by atoms with van der Waals surface area (Å²) in [6.45, 7) is 6.21. The van der Waals surface area contributed by atoms with Crippen LogP contribution in [0.25, 0.3) is 11.0 Å². The van der Waals surface area contributed by atoms with Crippen LogP contribution in [-0.2, 0) is 15.1 Å². The minimum absolute atomic E-state index is 0.0701. The molecule has 0 N–H and O–H groups in total. The molecule has 1 aromatic heterocycles. The van der Waals surface area contributed by atoms with Gasteiger partial charge in [-0.25, -0.2) is 0 Å². The molecule has 0 radical (unpaired) electrons. The fourth-order valence-corrected chi connectivity index (χ4v) is 4.90. The number of anilines is 1. The van der Waals surface area contributed by atoms with Crippen molar-refractivity contribution in [2.45, 2.75) is 12.5 Å². The van der Waals surface area contributed by atoms with Crippen molar-refractivity contribution >= 4 is 28.5 Å². The Morgan fingerprint density at radius 2 is 1.94 bits per heavy atom. The van der Waals surface area contributed by atoms with Crippen LogP contribution < -0.4 is 10.3 Å². The molecule has 2 aromatic carbocycles. The summed E-state index contributed by atoms with van der Waals surface area (Å²) in [6.07, 6.45) is 1.62. The Morgan fingerprint density at radius 3 is 2.69 bits per heavy atom. The molecule has 3 heterocycles. The Morgan fingerprint density at radius 1 is 1.16 bits per heavy atom. The Hall–Kier alpha value is -3.71. The quantitative estimate of drug-likeness (QED) is 0.582. The Kier molecular flexibility index (Phi) is 4.53. The first-order chi connectivity index (χ1) is 15.5. The SMILES string of the molecule is C=CCN1C(=O)[C@@]2(c3ccccc31)c1c(oc3ccc(C)cc3c1=O)C(=O)N2CCOC. The van der Waals surface area contributed by atoms with Crippen LogP contribution in [-0.4, -0.2) is 43.5 Å². The van der Waals surface area contributed by atoms with Crippen LogP contribution in [0.2, 0.25) is 0 Å². The van der Waals surface area contributed by atoms with Crippen LogP contribution in [0.3, 0.4) is 0 Å². The van der Waals surface area contributed by atoms with E-state index in [1.807, 2.05) is 25.1 Å². The summed E-state index contributed by atoms with van der Waals surface area (Å²) in [4.78, 5) is 44.5. The van der Waals surface area contributed by atoms with Gasteiger partial charge in [-0.1, -0.05) is 35.9 Å². The van der Waals surface area contributed by atoms with Gasteiger partial charge in [0, 0.05) is 25.8 Å². The summed E-state index contributed by atoms with van der Waals surface area (Å²) < 4.78 is 11.2. The van der Waals surface area contributed by atoms with E-state index in [4.69, 9.17) is 9.15 Å². The highest BCUT2D eigenvalue weighted by molar-refractivity contribution is 6.17. The van der Waals surface area contributed by atoms with Crippen LogP contribution in [0.4, 0.5) is 5.69 Å². The average molecular weight is 430 g/mol. The smallest absolute Gasteiger partial charge is 0.291 e. The van der Waals surface area contributed by atoms with E-state index >= 15 is 0 Å². The lowest BCUT2D eigenvalue weighted by Crippen LogP contribution is -2.54. The van der Waals surface area contributed by atoms with Crippen molar-refractivity contribution < 1.29 is 18.7 Å². The number of nitrogens with zero attached hydrogens (tertiary/aromatic N) is 2. The number of hydrogen-bond acceptors (Lipinski definition) is 5. The number of methoxy groups -OCH3 is 1. The maximum absolute atomic E-state index is 14.1. The normalized spacial score (nSPS) is 19.2. The number of amides is 2. The zero-order valence-corrected chi connectivity index (χ0v) is 17.9. The molecule has 0 saturated heterocycles. The summed E-state index contributed by atoms with van der Waals surface area (Å²) in [7, 11) is 1.52. The molecule has 2 aliphatic rings. The maximum Gasteiger partial charge on any atom is 0.291 e. The van der Waals surface area contributed by atoms with Gasteiger partial charge in [-0.3, -0.25) is 14.4 Å². The fraction of sp³-hybridized carbons (Fsp3) is 0.240. The van der Waals surface area contributed by atoms with Crippen molar-refractivity contribution in [1.82, 2.24) is 4.90 Å². The van der Waals surface area contributed by atoms with Crippen molar-refractivity contribution in [2.75, 3.05) is 31.7 Å². The average Bonchev–Trinajstić information content (AvgIpc) is 3.18. The van der Waals surface area contributed by atoms with Gasteiger partial charge in [0.15, 0.2) is 11.0 Å². The highest BCUT2D eigenvalue weighted by Gasteiger charge is 2.64. The number of hydrogen-bond donors (Lipinski definition) is 0. The third-order valence-corrected chi connectivity index (χ3v) is 6.22. The predicted molar refractivity (Wildman–Crippen MR) is 120 cm³/mol. The lowest BCUT2D eigenvalue weighted by atomic mass is 9.84. The van der Waals surface area contributed by atoms with Gasteiger partial charge in [-0.05, 0) is 25.1 Å². The molecular weight excluding hydrogens is 408 g/mol. The number of aryl methyl sites for hydroxylation is 1. The fourth-order valence-electron chi connectivity index (χ4n) is 4.90. The first-order valence-electron chi connectivity index (χ1n) is 10.4. The second-order valence-electron chi connectivity index (χ2n) is 8.02. The van der Waals surface area contributed by atoms with E-state index in [2.05, 4.69) is 6.58 Å². The van der Waals surface area contributed by atoms with Gasteiger partial charge < -0.3 is 19.0 Å². The number of carbonyl (C=O) groups excluding carboxylic acids is 2. The minimum Gasteiger partial charge on any atom is -0.450 e. The van der Waals surface area contributed by atoms with Crippen LogP contribution in [0.1, 0.15) is 27.2 Å². The number of rotatable bonds is 5. The zero-order valence-electron chi connectivity index (χ0n) is 17.9. The van der Waals surface area contributed by atoms with E-state index in [0.717, 1.165) is 5.56 Å². The van der Waals surface area contributed by atoms with Crippen LogP contribution in [0, 0.1) is 6.92 Å². The van der Waals surface area contributed by atoms with Crippen molar-refractivity contribution in [3.05, 3.63) is 87.8 Å². The van der Waals surface area contributed by atoms with Crippen LogP contribution in [0.15, 0.2) is 64.3 Å². The van der Waals surface area contributed by atoms with Gasteiger partial charge in [0.05, 0.1) is 23.2 Å². The van der Waals surface area contributed by atoms with Crippen LogP contribution in [0.5, 0.6) is 0 Å². The highest BCUT2D eigenvalue weighted by Crippen LogP contribution is 2.52. The molecule has 0 fully saturated rings. The second-order valence-corrected chi connectivity index (χ2v) is 8.02. The molecule has 1 atom stereocenters. The largest absolute Gasteiger partial charge is 0.450 e. The molecule has 1 spiro atoms. The van der Waals surface area contributed by atoms with Gasteiger partial charge in [-0.15, -0.1) is 6.58 Å². The lowest BCUT2D eigenvalue weighted by molar-refractivity contribution is -0.126. The number of fused-ring (bicyclic) bond motifs is 5. The summed E-state index contributed by atoms with van der Waals surface area (Å²) in [5, 5.41) is 0.344. The van der Waals surface area contributed by atoms with E-state index in [1.54, 1.807) is 35.2 Å². The van der Waals surface area contributed by atoms with Gasteiger partial charge in [-0.2, -0.15) is 0 Å². The van der Waals surface area contributed by atoms with E-state index in [1.165, 1.54) is 12.0 Å². The number of carbonyl (C=O) groups is 2. The lowest BCUT2D eigenvalue weighted by Gasteiger charge is -2.34. The monoisotopic (exact) mass is 430 g/mol. The zero-order chi connectivity index (χ0) is 22.6.